The van der Waals surface area contributed by atoms with E-state index in [0.29, 0.717) is 10.6 Å². The van der Waals surface area contributed by atoms with Gasteiger partial charge < -0.3 is 15.4 Å². The molecule has 162 valence electrons. The zero-order valence-electron chi connectivity index (χ0n) is 17.2. The number of fused-ring (bicyclic) bond motifs is 2. The minimum absolute atomic E-state index is 0.0354. The molecule has 2 aliphatic heterocycles. The van der Waals surface area contributed by atoms with E-state index < -0.39 is 9.84 Å². The lowest BCUT2D eigenvalue weighted by Gasteiger charge is -2.43. The molecule has 1 unspecified atom stereocenters. The van der Waals surface area contributed by atoms with Crippen LogP contribution in [0.5, 0.6) is 0 Å². The average Bonchev–Trinajstić information content (AvgIpc) is 3.18. The lowest BCUT2D eigenvalue weighted by atomic mass is 9.84. The van der Waals surface area contributed by atoms with Crippen LogP contribution in [-0.4, -0.2) is 44.3 Å². The molecule has 4 rings (SSSR count). The van der Waals surface area contributed by atoms with Crippen molar-refractivity contribution in [2.45, 2.75) is 56.3 Å². The van der Waals surface area contributed by atoms with Crippen LogP contribution in [0.15, 0.2) is 29.3 Å². The number of pyridine rings is 1. The second-order valence-electron chi connectivity index (χ2n) is 7.91. The Labute approximate surface area is 181 Å². The summed E-state index contributed by atoms with van der Waals surface area (Å²) in [5, 5.41) is 6.29. The largest absolute Gasteiger partial charge is 0.366 e. The fraction of sp³-hybridized carbons (Fsp3) is 0.524. The highest BCUT2D eigenvalue weighted by atomic mass is 32.2. The number of nitrogens with zero attached hydrogens (tertiary/aromatic N) is 1. The minimum atomic E-state index is -3.27. The molecule has 0 bridgehead atoms. The van der Waals surface area contributed by atoms with Gasteiger partial charge in [-0.3, -0.25) is 9.78 Å². The Morgan fingerprint density at radius 3 is 2.80 bits per heavy atom. The van der Waals surface area contributed by atoms with Crippen LogP contribution in [0.25, 0.3) is 0 Å². The number of sulfone groups is 1. The first-order valence-corrected chi connectivity index (χ1v) is 12.8. The molecule has 2 aromatic rings. The molecule has 9 heteroatoms. The number of hydrogen-bond donors (Lipinski definition) is 2. The van der Waals surface area contributed by atoms with Crippen molar-refractivity contribution >= 4 is 27.1 Å². The van der Waals surface area contributed by atoms with Gasteiger partial charge in [-0.15, -0.1) is 11.3 Å². The predicted molar refractivity (Wildman–Crippen MR) is 115 cm³/mol. The molecule has 1 saturated heterocycles. The number of carbonyl (C=O) groups excluding carboxylic acids is 1. The summed E-state index contributed by atoms with van der Waals surface area (Å²) in [7, 11) is -3.27. The topological polar surface area (TPSA) is 97.4 Å². The van der Waals surface area contributed by atoms with Crippen LogP contribution in [0.2, 0.25) is 0 Å². The number of nitrogens with one attached hydrogen (secondary N) is 2. The van der Waals surface area contributed by atoms with Crippen LogP contribution < -0.4 is 10.6 Å². The van der Waals surface area contributed by atoms with Crippen molar-refractivity contribution in [1.82, 2.24) is 15.6 Å². The van der Waals surface area contributed by atoms with Gasteiger partial charge in [-0.1, -0.05) is 6.92 Å². The molecule has 2 aromatic heterocycles. The van der Waals surface area contributed by atoms with E-state index in [1.807, 2.05) is 6.07 Å². The van der Waals surface area contributed by atoms with Crippen LogP contribution in [0.3, 0.4) is 0 Å². The number of piperidine rings is 1. The van der Waals surface area contributed by atoms with Gasteiger partial charge in [-0.25, -0.2) is 8.42 Å². The van der Waals surface area contributed by atoms with Crippen LogP contribution in [0, 0.1) is 0 Å². The number of carbonyl (C=O) groups is 1. The standard InChI is InChI=1S/C21H27N3O4S2/c1-3-30(26,27)17-5-4-16(23-13-17)12-24-20(25)18-11-15-10-14(2)28-21(19(15)29-18)6-8-22-9-7-21/h4-5,11,13-14,22H,3,6-10,12H2,1-2H3,(H,24,25). The lowest BCUT2D eigenvalue weighted by Crippen LogP contribution is -2.46. The van der Waals surface area contributed by atoms with Crippen LogP contribution in [0.4, 0.5) is 0 Å². The van der Waals surface area contributed by atoms with E-state index in [1.165, 1.54) is 34.0 Å². The van der Waals surface area contributed by atoms with Crippen LogP contribution in [0.1, 0.15) is 52.5 Å². The minimum Gasteiger partial charge on any atom is -0.366 e. The maximum atomic E-state index is 12.8. The van der Waals surface area contributed by atoms with Crippen molar-refractivity contribution in [2.24, 2.45) is 0 Å². The van der Waals surface area contributed by atoms with E-state index >= 15 is 0 Å². The molecule has 0 aromatic carbocycles. The number of aromatic nitrogens is 1. The van der Waals surface area contributed by atoms with Crippen LogP contribution in [-0.2, 0) is 33.1 Å². The molecule has 1 spiro atoms. The Morgan fingerprint density at radius 2 is 2.13 bits per heavy atom. The van der Waals surface area contributed by atoms with Gasteiger partial charge >= 0.3 is 0 Å². The second kappa shape index (κ2) is 8.37. The molecule has 4 heterocycles. The first kappa shape index (κ1) is 21.4. The number of thiophene rings is 1. The van der Waals surface area contributed by atoms with E-state index in [-0.39, 0.29) is 34.8 Å². The fourth-order valence-electron chi connectivity index (χ4n) is 4.17. The summed E-state index contributed by atoms with van der Waals surface area (Å²) in [5.41, 5.74) is 1.56. The molecule has 0 aliphatic carbocycles. The van der Waals surface area contributed by atoms with Crippen molar-refractivity contribution in [1.29, 1.82) is 0 Å². The molecule has 2 aliphatic rings. The van der Waals surface area contributed by atoms with Crippen molar-refractivity contribution in [3.05, 3.63) is 45.4 Å². The highest BCUT2D eigenvalue weighted by Crippen LogP contribution is 2.46. The maximum Gasteiger partial charge on any atom is 0.261 e. The van der Waals surface area contributed by atoms with Gasteiger partial charge in [0.05, 0.1) is 33.9 Å². The maximum absolute atomic E-state index is 12.8. The molecule has 7 nitrogen and oxygen atoms in total. The van der Waals surface area contributed by atoms with Gasteiger partial charge in [-0.2, -0.15) is 0 Å². The van der Waals surface area contributed by atoms with Gasteiger partial charge in [0.2, 0.25) is 0 Å². The normalized spacial score (nSPS) is 20.7. The number of amides is 1. The zero-order valence-corrected chi connectivity index (χ0v) is 18.9. The summed E-state index contributed by atoms with van der Waals surface area (Å²) in [6.45, 7) is 5.78. The monoisotopic (exact) mass is 449 g/mol. The Kier molecular flexibility index (Phi) is 5.98. The first-order chi connectivity index (χ1) is 14.3. The SMILES string of the molecule is CCS(=O)(=O)c1ccc(CNC(=O)c2cc3c(s2)C2(CCNCC2)OC(C)C3)nc1. The summed E-state index contributed by atoms with van der Waals surface area (Å²) in [6.07, 6.45) is 4.15. The number of hydrogen-bond acceptors (Lipinski definition) is 7. The Balaban J connectivity index is 1.47. The Hall–Kier alpha value is -1.81. The van der Waals surface area contributed by atoms with Gasteiger partial charge in [0.25, 0.3) is 5.91 Å². The van der Waals surface area contributed by atoms with Gasteiger partial charge in [0.15, 0.2) is 9.84 Å². The lowest BCUT2D eigenvalue weighted by molar-refractivity contribution is -0.117. The summed E-state index contributed by atoms with van der Waals surface area (Å²) in [5.74, 6) is -0.105. The van der Waals surface area contributed by atoms with Gasteiger partial charge in [0, 0.05) is 11.1 Å². The van der Waals surface area contributed by atoms with E-state index in [9.17, 15) is 13.2 Å². The van der Waals surface area contributed by atoms with Gasteiger partial charge in [0.1, 0.15) is 5.60 Å². The molecule has 0 saturated carbocycles. The van der Waals surface area contributed by atoms with Crippen LogP contribution >= 0.6 is 11.3 Å². The van der Waals surface area contributed by atoms with E-state index in [4.69, 9.17) is 4.74 Å². The van der Waals surface area contributed by atoms with Crippen molar-refractivity contribution in [2.75, 3.05) is 18.8 Å². The van der Waals surface area contributed by atoms with Crippen molar-refractivity contribution in [3.8, 4) is 0 Å². The third kappa shape index (κ3) is 4.16. The molecule has 1 amide bonds. The first-order valence-electron chi connectivity index (χ1n) is 10.3. The highest BCUT2D eigenvalue weighted by molar-refractivity contribution is 7.91. The van der Waals surface area contributed by atoms with Crippen molar-refractivity contribution < 1.29 is 17.9 Å². The van der Waals surface area contributed by atoms with Gasteiger partial charge in [-0.05, 0) is 63.0 Å². The fourth-order valence-corrected chi connectivity index (χ4v) is 6.29. The molecule has 30 heavy (non-hydrogen) atoms. The molecule has 1 fully saturated rings. The molecular formula is C21H27N3O4S2. The third-order valence-corrected chi connectivity index (χ3v) is 8.84. The van der Waals surface area contributed by atoms with E-state index in [2.05, 4.69) is 22.5 Å². The molecule has 2 N–H and O–H groups in total. The molecule has 1 atom stereocenters. The molecular weight excluding hydrogens is 422 g/mol. The molecule has 0 radical (unpaired) electrons. The smallest absolute Gasteiger partial charge is 0.261 e. The highest BCUT2D eigenvalue weighted by Gasteiger charge is 2.43. The second-order valence-corrected chi connectivity index (χ2v) is 11.2. The quantitative estimate of drug-likeness (QED) is 0.728. The summed E-state index contributed by atoms with van der Waals surface area (Å²) < 4.78 is 30.2. The summed E-state index contributed by atoms with van der Waals surface area (Å²) in [6, 6.07) is 5.18. The summed E-state index contributed by atoms with van der Waals surface area (Å²) in [4.78, 5) is 19.0. The zero-order chi connectivity index (χ0) is 21.4. The van der Waals surface area contributed by atoms with Crippen molar-refractivity contribution in [3.63, 3.8) is 0 Å². The number of rotatable bonds is 5. The summed E-state index contributed by atoms with van der Waals surface area (Å²) >= 11 is 1.53. The predicted octanol–water partition coefficient (Wildman–Crippen LogP) is 2.41. The van der Waals surface area contributed by atoms with E-state index in [1.54, 1.807) is 13.0 Å². The third-order valence-electron chi connectivity index (χ3n) is 5.76. The Morgan fingerprint density at radius 1 is 1.37 bits per heavy atom. The average molecular weight is 450 g/mol. The van der Waals surface area contributed by atoms with E-state index in [0.717, 1.165) is 32.4 Å². The Bertz CT molecular complexity index is 1030. The number of ether oxygens (including phenoxy) is 1.